The smallest absolute Gasteiger partial charge is 0.215 e. The Labute approximate surface area is 98.2 Å². The van der Waals surface area contributed by atoms with Gasteiger partial charge in [-0.25, -0.2) is 12.7 Å². The van der Waals surface area contributed by atoms with Crippen LogP contribution in [0.5, 0.6) is 0 Å². The Morgan fingerprint density at radius 1 is 1.31 bits per heavy atom. The summed E-state index contributed by atoms with van der Waals surface area (Å²) in [5, 5.41) is 0. The number of nitrogens with zero attached hydrogens (tertiary/aromatic N) is 1. The van der Waals surface area contributed by atoms with Crippen molar-refractivity contribution in [3.05, 3.63) is 0 Å². The summed E-state index contributed by atoms with van der Waals surface area (Å²) in [5.74, 6) is 2.32. The molecular formula is C11H22N2O2S. The van der Waals surface area contributed by atoms with Crippen LogP contribution < -0.4 is 5.73 Å². The third-order valence-electron chi connectivity index (χ3n) is 4.23. The Hall–Kier alpha value is -0.130. The van der Waals surface area contributed by atoms with Crippen LogP contribution in [0.1, 0.15) is 25.7 Å². The summed E-state index contributed by atoms with van der Waals surface area (Å²) in [6.07, 6.45) is 5.23. The monoisotopic (exact) mass is 246 g/mol. The Morgan fingerprint density at radius 3 is 2.56 bits per heavy atom. The first-order valence-electron chi connectivity index (χ1n) is 6.17. The molecule has 0 radical (unpaired) electrons. The number of fused-ring (bicyclic) bond motifs is 2. The van der Waals surface area contributed by atoms with Crippen LogP contribution in [0.25, 0.3) is 0 Å². The number of nitrogens with two attached hydrogens (primary N) is 1. The lowest BCUT2D eigenvalue weighted by atomic mass is 9.89. The fraction of sp³-hybridized carbons (Fsp3) is 1.00. The van der Waals surface area contributed by atoms with Crippen molar-refractivity contribution in [3.63, 3.8) is 0 Å². The average molecular weight is 246 g/mol. The second-order valence-electron chi connectivity index (χ2n) is 5.32. The van der Waals surface area contributed by atoms with Gasteiger partial charge in [0, 0.05) is 20.1 Å². The Kier molecular flexibility index (Phi) is 3.56. The molecule has 3 unspecified atom stereocenters. The molecule has 0 aromatic carbocycles. The fourth-order valence-electron chi connectivity index (χ4n) is 3.35. The maximum atomic E-state index is 11.8. The summed E-state index contributed by atoms with van der Waals surface area (Å²) in [4.78, 5) is 0. The average Bonchev–Trinajstić information content (AvgIpc) is 2.78. The highest BCUT2D eigenvalue weighted by molar-refractivity contribution is 7.89. The van der Waals surface area contributed by atoms with Crippen LogP contribution in [-0.4, -0.2) is 38.6 Å². The third-order valence-corrected chi connectivity index (χ3v) is 6.08. The maximum Gasteiger partial charge on any atom is 0.215 e. The van der Waals surface area contributed by atoms with E-state index in [0.29, 0.717) is 12.5 Å². The maximum absolute atomic E-state index is 11.8. The Morgan fingerprint density at radius 2 is 2.06 bits per heavy atom. The lowest BCUT2D eigenvalue weighted by Gasteiger charge is -2.26. The van der Waals surface area contributed by atoms with Gasteiger partial charge in [0.05, 0.1) is 5.75 Å². The molecule has 16 heavy (non-hydrogen) atoms. The topological polar surface area (TPSA) is 63.4 Å². The lowest BCUT2D eigenvalue weighted by molar-refractivity contribution is 0.280. The van der Waals surface area contributed by atoms with Gasteiger partial charge in [-0.05, 0) is 37.0 Å². The first-order chi connectivity index (χ1) is 7.53. The molecule has 0 aromatic heterocycles. The molecule has 0 amide bonds. The predicted molar refractivity (Wildman–Crippen MR) is 64.4 cm³/mol. The molecule has 4 nitrogen and oxygen atoms in total. The van der Waals surface area contributed by atoms with Gasteiger partial charge in [-0.15, -0.1) is 0 Å². The van der Waals surface area contributed by atoms with Crippen molar-refractivity contribution in [3.8, 4) is 0 Å². The molecule has 5 heteroatoms. The molecule has 0 aliphatic heterocycles. The molecule has 2 saturated carbocycles. The molecule has 0 spiro atoms. The van der Waals surface area contributed by atoms with Crippen LogP contribution in [0, 0.1) is 17.8 Å². The number of hydrogen-bond donors (Lipinski definition) is 1. The van der Waals surface area contributed by atoms with Crippen molar-refractivity contribution in [1.82, 2.24) is 4.31 Å². The molecule has 0 aromatic rings. The molecular weight excluding hydrogens is 224 g/mol. The summed E-state index contributed by atoms with van der Waals surface area (Å²) in [5.41, 5.74) is 5.32. The van der Waals surface area contributed by atoms with Gasteiger partial charge in [-0.2, -0.15) is 0 Å². The first-order valence-corrected chi connectivity index (χ1v) is 7.78. The van der Waals surface area contributed by atoms with Gasteiger partial charge < -0.3 is 5.73 Å². The highest BCUT2D eigenvalue weighted by Gasteiger charge is 2.40. The summed E-state index contributed by atoms with van der Waals surface area (Å²) < 4.78 is 25.1. The highest BCUT2D eigenvalue weighted by atomic mass is 32.2. The number of hydrogen-bond acceptors (Lipinski definition) is 3. The zero-order valence-electron chi connectivity index (χ0n) is 9.93. The van der Waals surface area contributed by atoms with E-state index in [1.54, 1.807) is 7.05 Å². The van der Waals surface area contributed by atoms with Gasteiger partial charge >= 0.3 is 0 Å². The first kappa shape index (κ1) is 12.3. The quantitative estimate of drug-likeness (QED) is 0.774. The van der Waals surface area contributed by atoms with Gasteiger partial charge in [0.2, 0.25) is 10.0 Å². The van der Waals surface area contributed by atoms with E-state index in [-0.39, 0.29) is 12.3 Å². The van der Waals surface area contributed by atoms with Crippen LogP contribution >= 0.6 is 0 Å². The van der Waals surface area contributed by atoms with Crippen molar-refractivity contribution in [2.45, 2.75) is 25.7 Å². The molecule has 0 heterocycles. The third kappa shape index (κ3) is 2.41. The van der Waals surface area contributed by atoms with E-state index in [1.165, 1.54) is 30.0 Å². The minimum atomic E-state index is -3.11. The van der Waals surface area contributed by atoms with Crippen molar-refractivity contribution in [1.29, 1.82) is 0 Å². The normalized spacial score (nSPS) is 33.8. The van der Waals surface area contributed by atoms with E-state index in [1.807, 2.05) is 0 Å². The van der Waals surface area contributed by atoms with Gasteiger partial charge in [-0.1, -0.05) is 6.42 Å². The van der Waals surface area contributed by atoms with Crippen LogP contribution in [0.3, 0.4) is 0 Å². The van der Waals surface area contributed by atoms with Gasteiger partial charge in [0.1, 0.15) is 0 Å². The lowest BCUT2D eigenvalue weighted by Crippen LogP contribution is -2.36. The second-order valence-corrected chi connectivity index (χ2v) is 7.52. The van der Waals surface area contributed by atoms with Crippen molar-refractivity contribution >= 4 is 10.0 Å². The largest absolute Gasteiger partial charge is 0.329 e. The van der Waals surface area contributed by atoms with Gasteiger partial charge in [0.25, 0.3) is 0 Å². The molecule has 3 atom stereocenters. The molecule has 2 N–H and O–H groups in total. The highest BCUT2D eigenvalue weighted by Crippen LogP contribution is 2.48. The van der Waals surface area contributed by atoms with E-state index in [9.17, 15) is 8.42 Å². The van der Waals surface area contributed by atoms with Crippen molar-refractivity contribution < 1.29 is 8.42 Å². The molecule has 2 aliphatic rings. The zero-order chi connectivity index (χ0) is 11.8. The molecule has 2 fully saturated rings. The fourth-order valence-corrected chi connectivity index (χ4v) is 4.38. The van der Waals surface area contributed by atoms with Crippen molar-refractivity contribution in [2.24, 2.45) is 23.5 Å². The van der Waals surface area contributed by atoms with Gasteiger partial charge in [0.15, 0.2) is 0 Å². The van der Waals surface area contributed by atoms with E-state index >= 15 is 0 Å². The van der Waals surface area contributed by atoms with Crippen LogP contribution in [0.15, 0.2) is 0 Å². The SMILES string of the molecule is CN(CC1CC2CCC1C2)S(=O)(=O)CCN. The van der Waals surface area contributed by atoms with Crippen LogP contribution in [0.2, 0.25) is 0 Å². The zero-order valence-corrected chi connectivity index (χ0v) is 10.7. The second kappa shape index (κ2) is 4.63. The van der Waals surface area contributed by atoms with E-state index < -0.39 is 10.0 Å². The number of rotatable bonds is 5. The summed E-state index contributed by atoms with van der Waals surface area (Å²) >= 11 is 0. The van der Waals surface area contributed by atoms with E-state index in [2.05, 4.69) is 0 Å². The Bertz CT molecular complexity index is 342. The van der Waals surface area contributed by atoms with Crippen LogP contribution in [0.4, 0.5) is 0 Å². The minimum Gasteiger partial charge on any atom is -0.329 e. The minimum absolute atomic E-state index is 0.0737. The Balaban J connectivity index is 1.90. The summed E-state index contributed by atoms with van der Waals surface area (Å²) in [7, 11) is -1.41. The molecule has 0 saturated heterocycles. The molecule has 2 bridgehead atoms. The summed E-state index contributed by atoms with van der Waals surface area (Å²) in [6, 6.07) is 0. The molecule has 94 valence electrons. The van der Waals surface area contributed by atoms with Gasteiger partial charge in [-0.3, -0.25) is 0 Å². The van der Waals surface area contributed by atoms with E-state index in [0.717, 1.165) is 11.8 Å². The van der Waals surface area contributed by atoms with Crippen LogP contribution in [-0.2, 0) is 10.0 Å². The predicted octanol–water partition coefficient (Wildman–Crippen LogP) is 0.643. The molecule has 2 aliphatic carbocycles. The standard InChI is InChI=1S/C11H22N2O2S/c1-13(16(14,15)5-4-12)8-11-7-9-2-3-10(11)6-9/h9-11H,2-8,12H2,1H3. The van der Waals surface area contributed by atoms with Crippen molar-refractivity contribution in [2.75, 3.05) is 25.9 Å². The van der Waals surface area contributed by atoms with E-state index in [4.69, 9.17) is 5.73 Å². The molecule has 2 rings (SSSR count). The summed E-state index contributed by atoms with van der Waals surface area (Å²) in [6.45, 7) is 0.910. The number of sulfonamides is 1.